The van der Waals surface area contributed by atoms with Gasteiger partial charge in [0.05, 0.1) is 16.7 Å². The molecule has 4 heteroatoms. The maximum Gasteiger partial charge on any atom is 0.141 e. The van der Waals surface area contributed by atoms with Crippen molar-refractivity contribution in [2.75, 3.05) is 0 Å². The van der Waals surface area contributed by atoms with E-state index in [9.17, 15) is 0 Å². The first kappa shape index (κ1) is 11.7. The van der Waals surface area contributed by atoms with Gasteiger partial charge in [-0.1, -0.05) is 5.16 Å². The maximum absolute atomic E-state index is 5.28. The van der Waals surface area contributed by atoms with Gasteiger partial charge < -0.3 is 9.51 Å². The van der Waals surface area contributed by atoms with Crippen LogP contribution in [-0.4, -0.2) is 15.1 Å². The Kier molecular flexibility index (Phi) is 2.31. The van der Waals surface area contributed by atoms with Gasteiger partial charge in [-0.15, -0.1) is 0 Å². The average Bonchev–Trinajstić information content (AvgIpc) is 3.08. The molecular weight excluding hydrogens is 250 g/mol. The lowest BCUT2D eigenvalue weighted by Crippen LogP contribution is -1.85. The number of hydrogen-bond acceptors (Lipinski definition) is 3. The third kappa shape index (κ3) is 1.68. The van der Waals surface area contributed by atoms with Crippen molar-refractivity contribution in [1.29, 1.82) is 0 Å². The standard InChI is InChI=1S/C16H17N3O/c1-8-6-12(14-9(2)19-20-10(14)3)7-13-15(8)18-16(17-13)11-4-5-11/h6-7,11H,4-5H2,1-3H3,(H,17,18). The molecule has 1 fully saturated rings. The topological polar surface area (TPSA) is 54.7 Å². The highest BCUT2D eigenvalue weighted by atomic mass is 16.5. The summed E-state index contributed by atoms with van der Waals surface area (Å²) in [5, 5.41) is 4.04. The molecule has 2 heterocycles. The van der Waals surface area contributed by atoms with Crippen LogP contribution in [0.5, 0.6) is 0 Å². The van der Waals surface area contributed by atoms with Crippen molar-refractivity contribution in [1.82, 2.24) is 15.1 Å². The SMILES string of the molecule is Cc1noc(C)c1-c1cc(C)c2nc(C3CC3)[nH]c2c1. The normalized spacial score (nSPS) is 15.2. The average molecular weight is 267 g/mol. The molecule has 0 unspecified atom stereocenters. The molecule has 0 amide bonds. The van der Waals surface area contributed by atoms with Crippen LogP contribution in [-0.2, 0) is 0 Å². The second kappa shape index (κ2) is 3.95. The summed E-state index contributed by atoms with van der Waals surface area (Å²) < 4.78 is 5.28. The van der Waals surface area contributed by atoms with Crippen LogP contribution in [0.15, 0.2) is 16.7 Å². The van der Waals surface area contributed by atoms with E-state index in [1.807, 2.05) is 13.8 Å². The third-order valence-electron chi connectivity index (χ3n) is 4.08. The minimum atomic E-state index is 0.643. The number of aryl methyl sites for hydroxylation is 3. The predicted octanol–water partition coefficient (Wildman–Crippen LogP) is 4.02. The molecule has 0 atom stereocenters. The zero-order valence-electron chi connectivity index (χ0n) is 11.9. The summed E-state index contributed by atoms with van der Waals surface area (Å²) in [5.41, 5.74) is 6.57. The number of hydrogen-bond donors (Lipinski definition) is 1. The molecule has 0 radical (unpaired) electrons. The number of rotatable bonds is 2. The van der Waals surface area contributed by atoms with E-state index in [2.05, 4.69) is 29.2 Å². The minimum Gasteiger partial charge on any atom is -0.361 e. The molecule has 20 heavy (non-hydrogen) atoms. The molecule has 0 bridgehead atoms. The molecule has 4 rings (SSSR count). The van der Waals surface area contributed by atoms with E-state index in [0.29, 0.717) is 5.92 Å². The predicted molar refractivity (Wildman–Crippen MR) is 77.8 cm³/mol. The van der Waals surface area contributed by atoms with Crippen molar-refractivity contribution in [3.8, 4) is 11.1 Å². The Morgan fingerprint density at radius 2 is 2.00 bits per heavy atom. The van der Waals surface area contributed by atoms with E-state index < -0.39 is 0 Å². The quantitative estimate of drug-likeness (QED) is 0.763. The van der Waals surface area contributed by atoms with E-state index in [1.54, 1.807) is 0 Å². The molecule has 3 aromatic rings. The molecule has 0 saturated heterocycles. The van der Waals surface area contributed by atoms with Crippen molar-refractivity contribution in [2.45, 2.75) is 39.5 Å². The fourth-order valence-electron chi connectivity index (χ4n) is 2.90. The summed E-state index contributed by atoms with van der Waals surface area (Å²) in [6.45, 7) is 6.05. The molecule has 4 nitrogen and oxygen atoms in total. The Bertz CT molecular complexity index is 789. The number of H-pyrrole nitrogens is 1. The van der Waals surface area contributed by atoms with Crippen LogP contribution in [0, 0.1) is 20.8 Å². The Balaban J connectivity index is 1.93. The Morgan fingerprint density at radius 1 is 1.20 bits per heavy atom. The minimum absolute atomic E-state index is 0.643. The van der Waals surface area contributed by atoms with Crippen LogP contribution in [0.3, 0.4) is 0 Å². The van der Waals surface area contributed by atoms with Gasteiger partial charge >= 0.3 is 0 Å². The lowest BCUT2D eigenvalue weighted by Gasteiger charge is -2.03. The lowest BCUT2D eigenvalue weighted by atomic mass is 10.0. The highest BCUT2D eigenvalue weighted by molar-refractivity contribution is 5.86. The van der Waals surface area contributed by atoms with Crippen molar-refractivity contribution in [3.05, 3.63) is 35.0 Å². The maximum atomic E-state index is 5.28. The zero-order chi connectivity index (χ0) is 13.9. The first-order valence-electron chi connectivity index (χ1n) is 7.07. The third-order valence-corrected chi connectivity index (χ3v) is 4.08. The number of benzene rings is 1. The number of fused-ring (bicyclic) bond motifs is 1. The van der Waals surface area contributed by atoms with E-state index in [1.165, 1.54) is 18.4 Å². The fraction of sp³-hybridized carbons (Fsp3) is 0.375. The summed E-state index contributed by atoms with van der Waals surface area (Å²) in [6.07, 6.45) is 2.52. The number of imidazole rings is 1. The fourth-order valence-corrected chi connectivity index (χ4v) is 2.90. The van der Waals surface area contributed by atoms with Gasteiger partial charge in [-0.05, 0) is 56.9 Å². The van der Waals surface area contributed by atoms with Crippen LogP contribution in [0.25, 0.3) is 22.2 Å². The van der Waals surface area contributed by atoms with E-state index in [0.717, 1.165) is 39.4 Å². The van der Waals surface area contributed by atoms with Crippen LogP contribution >= 0.6 is 0 Å². The first-order valence-corrected chi connectivity index (χ1v) is 7.07. The Labute approximate surface area is 117 Å². The van der Waals surface area contributed by atoms with Gasteiger partial charge in [-0.3, -0.25) is 0 Å². The van der Waals surface area contributed by atoms with Gasteiger partial charge in [0.2, 0.25) is 0 Å². The number of nitrogens with zero attached hydrogens (tertiary/aromatic N) is 2. The smallest absolute Gasteiger partial charge is 0.141 e. The highest BCUT2D eigenvalue weighted by Crippen LogP contribution is 2.40. The molecule has 0 spiro atoms. The van der Waals surface area contributed by atoms with E-state index in [-0.39, 0.29) is 0 Å². The zero-order valence-corrected chi connectivity index (χ0v) is 11.9. The van der Waals surface area contributed by atoms with Gasteiger partial charge in [0.25, 0.3) is 0 Å². The van der Waals surface area contributed by atoms with Crippen molar-refractivity contribution in [2.24, 2.45) is 0 Å². The monoisotopic (exact) mass is 267 g/mol. The summed E-state index contributed by atoms with van der Waals surface area (Å²) in [6, 6.07) is 4.33. The largest absolute Gasteiger partial charge is 0.361 e. The van der Waals surface area contributed by atoms with Gasteiger partial charge in [-0.2, -0.15) is 0 Å². The second-order valence-corrected chi connectivity index (χ2v) is 5.78. The molecular formula is C16H17N3O. The van der Waals surface area contributed by atoms with Gasteiger partial charge in [0.1, 0.15) is 11.6 Å². The Hall–Kier alpha value is -2.10. The number of aromatic amines is 1. The van der Waals surface area contributed by atoms with Crippen molar-refractivity contribution < 1.29 is 4.52 Å². The summed E-state index contributed by atoms with van der Waals surface area (Å²) in [7, 11) is 0. The van der Waals surface area contributed by atoms with Crippen molar-refractivity contribution >= 4 is 11.0 Å². The number of nitrogens with one attached hydrogen (secondary N) is 1. The highest BCUT2D eigenvalue weighted by Gasteiger charge is 2.27. The molecule has 2 aromatic heterocycles. The summed E-state index contributed by atoms with van der Waals surface area (Å²) >= 11 is 0. The molecule has 1 aliphatic rings. The van der Waals surface area contributed by atoms with Crippen LogP contribution in [0.1, 0.15) is 41.6 Å². The summed E-state index contributed by atoms with van der Waals surface area (Å²) in [5.74, 6) is 2.64. The summed E-state index contributed by atoms with van der Waals surface area (Å²) in [4.78, 5) is 8.22. The van der Waals surface area contributed by atoms with Crippen LogP contribution < -0.4 is 0 Å². The molecule has 1 aromatic carbocycles. The molecule has 102 valence electrons. The van der Waals surface area contributed by atoms with Crippen LogP contribution in [0.2, 0.25) is 0 Å². The second-order valence-electron chi connectivity index (χ2n) is 5.78. The van der Waals surface area contributed by atoms with E-state index in [4.69, 9.17) is 9.51 Å². The lowest BCUT2D eigenvalue weighted by molar-refractivity contribution is 0.393. The number of aromatic nitrogens is 3. The van der Waals surface area contributed by atoms with Gasteiger partial charge in [0, 0.05) is 11.5 Å². The van der Waals surface area contributed by atoms with Gasteiger partial charge in [0.15, 0.2) is 0 Å². The first-order chi connectivity index (χ1) is 9.63. The molecule has 1 aliphatic carbocycles. The molecule has 1 saturated carbocycles. The van der Waals surface area contributed by atoms with Crippen LogP contribution in [0.4, 0.5) is 0 Å². The van der Waals surface area contributed by atoms with Gasteiger partial charge in [-0.25, -0.2) is 4.98 Å². The Morgan fingerprint density at radius 3 is 2.65 bits per heavy atom. The van der Waals surface area contributed by atoms with Crippen molar-refractivity contribution in [3.63, 3.8) is 0 Å². The molecule has 1 N–H and O–H groups in total. The molecule has 0 aliphatic heterocycles. The van der Waals surface area contributed by atoms with E-state index >= 15 is 0 Å².